The normalized spacial score (nSPS) is 33.6. The molecule has 1 aliphatic carbocycles. The van der Waals surface area contributed by atoms with Gasteiger partial charge in [-0.25, -0.2) is 12.7 Å². The highest BCUT2D eigenvalue weighted by Crippen LogP contribution is 2.34. The molecule has 0 spiro atoms. The Balaban J connectivity index is 1.71. The minimum Gasteiger partial charge on any atom is -0.313 e. The summed E-state index contributed by atoms with van der Waals surface area (Å²) in [5, 5.41) is 3.61. The lowest BCUT2D eigenvalue weighted by Crippen LogP contribution is -2.42. The molecular weight excluding hydrogens is 248 g/mol. The highest BCUT2D eigenvalue weighted by Gasteiger charge is 2.36. The minimum absolute atomic E-state index is 0.497. The minimum atomic E-state index is -3.00. The van der Waals surface area contributed by atoms with Gasteiger partial charge in [-0.15, -0.1) is 0 Å². The number of piperidine rings is 1. The Morgan fingerprint density at radius 1 is 1.39 bits per heavy atom. The molecule has 0 bridgehead atoms. The van der Waals surface area contributed by atoms with Crippen LogP contribution in [0.5, 0.6) is 0 Å². The molecule has 5 heteroatoms. The molecule has 0 radical (unpaired) electrons. The van der Waals surface area contributed by atoms with Gasteiger partial charge in [-0.2, -0.15) is 0 Å². The van der Waals surface area contributed by atoms with E-state index in [0.29, 0.717) is 25.0 Å². The van der Waals surface area contributed by atoms with E-state index >= 15 is 0 Å². The zero-order valence-corrected chi connectivity index (χ0v) is 12.4. The average molecular weight is 274 g/mol. The van der Waals surface area contributed by atoms with E-state index in [0.717, 1.165) is 25.3 Å². The van der Waals surface area contributed by atoms with Crippen LogP contribution in [0.2, 0.25) is 0 Å². The third-order valence-corrected chi connectivity index (χ3v) is 5.47. The van der Waals surface area contributed by atoms with Gasteiger partial charge in [0.2, 0.25) is 10.0 Å². The van der Waals surface area contributed by atoms with E-state index in [1.807, 2.05) is 0 Å². The summed E-state index contributed by atoms with van der Waals surface area (Å²) in [6, 6.07) is 0.707. The quantitative estimate of drug-likeness (QED) is 0.797. The first-order valence-corrected chi connectivity index (χ1v) is 9.04. The third-order valence-electron chi connectivity index (χ3n) is 4.20. The Morgan fingerprint density at radius 3 is 2.83 bits per heavy atom. The molecule has 4 nitrogen and oxygen atoms in total. The molecule has 18 heavy (non-hydrogen) atoms. The van der Waals surface area contributed by atoms with Gasteiger partial charge in [0, 0.05) is 19.1 Å². The number of sulfonamides is 1. The van der Waals surface area contributed by atoms with Crippen LogP contribution < -0.4 is 5.32 Å². The van der Waals surface area contributed by atoms with Crippen LogP contribution >= 0.6 is 0 Å². The van der Waals surface area contributed by atoms with Gasteiger partial charge in [0.05, 0.1) is 6.26 Å². The third kappa shape index (κ3) is 3.93. The first-order chi connectivity index (χ1) is 8.50. The Bertz CT molecular complexity index is 369. The molecule has 0 amide bonds. The molecule has 2 aliphatic rings. The molecule has 1 saturated heterocycles. The fourth-order valence-electron chi connectivity index (χ4n) is 3.00. The zero-order valence-electron chi connectivity index (χ0n) is 11.6. The van der Waals surface area contributed by atoms with E-state index in [2.05, 4.69) is 12.2 Å². The predicted molar refractivity (Wildman–Crippen MR) is 73.9 cm³/mol. The van der Waals surface area contributed by atoms with E-state index < -0.39 is 10.0 Å². The van der Waals surface area contributed by atoms with Gasteiger partial charge >= 0.3 is 0 Å². The van der Waals surface area contributed by atoms with Crippen molar-refractivity contribution in [3.8, 4) is 0 Å². The van der Waals surface area contributed by atoms with Gasteiger partial charge in [0.1, 0.15) is 0 Å². The molecule has 1 saturated carbocycles. The molecule has 106 valence electrons. The van der Waals surface area contributed by atoms with Crippen molar-refractivity contribution in [3.63, 3.8) is 0 Å². The number of hydrogen-bond donors (Lipinski definition) is 1. The standard InChI is InChI=1S/C13H26N2O2S/c1-3-5-12-8-13(12)14-9-11-6-4-7-15(10-11)18(2,16)17/h11-14H,3-10H2,1-2H3. The molecule has 1 aliphatic heterocycles. The van der Waals surface area contributed by atoms with E-state index in [1.54, 1.807) is 4.31 Å². The lowest BCUT2D eigenvalue weighted by atomic mass is 10.00. The van der Waals surface area contributed by atoms with E-state index in [1.165, 1.54) is 25.5 Å². The van der Waals surface area contributed by atoms with E-state index in [4.69, 9.17) is 0 Å². The maximum absolute atomic E-state index is 11.5. The molecule has 1 N–H and O–H groups in total. The summed E-state index contributed by atoms with van der Waals surface area (Å²) in [6.07, 6.45) is 7.40. The molecule has 3 unspecified atom stereocenters. The van der Waals surface area contributed by atoms with Crippen LogP contribution in [0.15, 0.2) is 0 Å². The number of nitrogens with one attached hydrogen (secondary N) is 1. The lowest BCUT2D eigenvalue weighted by molar-refractivity contribution is 0.260. The van der Waals surface area contributed by atoms with Crippen LogP contribution in [0, 0.1) is 11.8 Å². The summed E-state index contributed by atoms with van der Waals surface area (Å²) < 4.78 is 24.7. The van der Waals surface area contributed by atoms with Crippen molar-refractivity contribution in [1.82, 2.24) is 9.62 Å². The molecule has 0 aromatic carbocycles. The number of nitrogens with zero attached hydrogens (tertiary/aromatic N) is 1. The van der Waals surface area contributed by atoms with Crippen LogP contribution in [0.4, 0.5) is 0 Å². The second kappa shape index (κ2) is 5.88. The molecule has 0 aromatic rings. The SMILES string of the molecule is CCCC1CC1NCC1CCCN(S(C)(=O)=O)C1. The summed E-state index contributed by atoms with van der Waals surface area (Å²) >= 11 is 0. The topological polar surface area (TPSA) is 49.4 Å². The predicted octanol–water partition coefficient (Wildman–Crippen LogP) is 1.44. The average Bonchev–Trinajstić information content (AvgIpc) is 3.05. The van der Waals surface area contributed by atoms with Gasteiger partial charge < -0.3 is 5.32 Å². The Labute approximate surface area is 111 Å². The van der Waals surface area contributed by atoms with Gasteiger partial charge in [-0.3, -0.25) is 0 Å². The summed E-state index contributed by atoms with van der Waals surface area (Å²) in [4.78, 5) is 0. The molecule has 1 heterocycles. The van der Waals surface area contributed by atoms with Crippen molar-refractivity contribution in [2.45, 2.75) is 45.1 Å². The highest BCUT2D eigenvalue weighted by molar-refractivity contribution is 7.88. The van der Waals surface area contributed by atoms with Crippen molar-refractivity contribution in [3.05, 3.63) is 0 Å². The van der Waals surface area contributed by atoms with Gasteiger partial charge in [0.25, 0.3) is 0 Å². The van der Waals surface area contributed by atoms with Crippen LogP contribution in [0.25, 0.3) is 0 Å². The molecule has 3 atom stereocenters. The van der Waals surface area contributed by atoms with Gasteiger partial charge in [-0.05, 0) is 44.1 Å². The number of rotatable bonds is 6. The number of hydrogen-bond acceptors (Lipinski definition) is 3. The Morgan fingerprint density at radius 2 is 2.17 bits per heavy atom. The fourth-order valence-corrected chi connectivity index (χ4v) is 3.94. The largest absolute Gasteiger partial charge is 0.313 e. The smallest absolute Gasteiger partial charge is 0.211 e. The maximum atomic E-state index is 11.5. The van der Waals surface area contributed by atoms with Crippen molar-refractivity contribution < 1.29 is 8.42 Å². The van der Waals surface area contributed by atoms with Gasteiger partial charge in [0.15, 0.2) is 0 Å². The molecule has 0 aromatic heterocycles. The fraction of sp³-hybridized carbons (Fsp3) is 1.00. The van der Waals surface area contributed by atoms with Crippen LogP contribution in [-0.4, -0.2) is 44.7 Å². The second-order valence-electron chi connectivity index (χ2n) is 5.93. The van der Waals surface area contributed by atoms with E-state index in [9.17, 15) is 8.42 Å². The first-order valence-electron chi connectivity index (χ1n) is 7.19. The molecule has 2 rings (SSSR count). The van der Waals surface area contributed by atoms with E-state index in [-0.39, 0.29) is 0 Å². The summed E-state index contributed by atoms with van der Waals surface area (Å²) in [5.74, 6) is 1.38. The lowest BCUT2D eigenvalue weighted by Gasteiger charge is -2.31. The highest BCUT2D eigenvalue weighted by atomic mass is 32.2. The summed E-state index contributed by atoms with van der Waals surface area (Å²) in [6.45, 7) is 4.63. The molecular formula is C13H26N2O2S. The van der Waals surface area contributed by atoms with Crippen molar-refractivity contribution in [1.29, 1.82) is 0 Å². The van der Waals surface area contributed by atoms with Crippen LogP contribution in [-0.2, 0) is 10.0 Å². The van der Waals surface area contributed by atoms with Crippen molar-refractivity contribution in [2.75, 3.05) is 25.9 Å². The van der Waals surface area contributed by atoms with Crippen molar-refractivity contribution >= 4 is 10.0 Å². The van der Waals surface area contributed by atoms with Gasteiger partial charge in [-0.1, -0.05) is 13.3 Å². The first kappa shape index (κ1) is 14.3. The summed E-state index contributed by atoms with van der Waals surface area (Å²) in [7, 11) is -3.00. The van der Waals surface area contributed by atoms with Crippen LogP contribution in [0.1, 0.15) is 39.0 Å². The second-order valence-corrected chi connectivity index (χ2v) is 7.91. The molecule has 2 fully saturated rings. The monoisotopic (exact) mass is 274 g/mol. The van der Waals surface area contributed by atoms with Crippen LogP contribution in [0.3, 0.4) is 0 Å². The summed E-state index contributed by atoms with van der Waals surface area (Å²) in [5.41, 5.74) is 0. The Hall–Kier alpha value is -0.130. The Kier molecular flexibility index (Phi) is 4.67. The van der Waals surface area contributed by atoms with Crippen molar-refractivity contribution in [2.24, 2.45) is 11.8 Å². The maximum Gasteiger partial charge on any atom is 0.211 e. The zero-order chi connectivity index (χ0) is 13.2.